The van der Waals surface area contributed by atoms with Crippen molar-refractivity contribution in [2.75, 3.05) is 0 Å². The molecule has 0 radical (unpaired) electrons. The van der Waals surface area contributed by atoms with E-state index in [1.165, 1.54) is 0 Å². The van der Waals surface area contributed by atoms with Crippen molar-refractivity contribution in [3.05, 3.63) is 33.9 Å². The third-order valence-electron chi connectivity index (χ3n) is 1.58. The molecule has 0 amide bonds. The van der Waals surface area contributed by atoms with Gasteiger partial charge in [0.2, 0.25) is 17.4 Å². The molecule has 0 fully saturated rings. The van der Waals surface area contributed by atoms with Gasteiger partial charge in [0.05, 0.1) is 4.92 Å². The van der Waals surface area contributed by atoms with E-state index in [2.05, 4.69) is 4.74 Å². The third kappa shape index (κ3) is 2.63. The van der Waals surface area contributed by atoms with Crippen LogP contribution >= 0.6 is 0 Å². The number of nitro groups is 1. The highest BCUT2D eigenvalue weighted by atomic mass is 19.2. The molecule has 0 spiro atoms. The van der Waals surface area contributed by atoms with Crippen LogP contribution in [-0.2, 0) is 0 Å². The van der Waals surface area contributed by atoms with Crippen LogP contribution in [0.15, 0.2) is 12.1 Å². The highest BCUT2D eigenvalue weighted by Gasteiger charge is 2.28. The lowest BCUT2D eigenvalue weighted by Gasteiger charge is -2.19. The zero-order valence-corrected chi connectivity index (χ0v) is 8.53. The molecule has 0 bridgehead atoms. The number of ether oxygens (including phenoxy) is 1. The standard InChI is InChI=1S/C9H9F2NO4/c1-9(2,13)16-8-6(12(14)15)4-3-5(10)7(8)11/h3-4,13H,1-2H3. The molecule has 16 heavy (non-hydrogen) atoms. The van der Waals surface area contributed by atoms with Crippen molar-refractivity contribution in [1.82, 2.24) is 0 Å². The van der Waals surface area contributed by atoms with Gasteiger partial charge in [0.1, 0.15) is 0 Å². The minimum Gasteiger partial charge on any atom is -0.453 e. The average Bonchev–Trinajstić information content (AvgIpc) is 2.10. The summed E-state index contributed by atoms with van der Waals surface area (Å²) in [5.74, 6) is -5.56. The first-order valence-electron chi connectivity index (χ1n) is 4.26. The summed E-state index contributed by atoms with van der Waals surface area (Å²) in [6.45, 7) is 2.28. The molecule has 0 unspecified atom stereocenters. The summed E-state index contributed by atoms with van der Waals surface area (Å²) in [7, 11) is 0. The van der Waals surface area contributed by atoms with Crippen molar-refractivity contribution >= 4 is 5.69 Å². The van der Waals surface area contributed by atoms with Crippen LogP contribution < -0.4 is 4.74 Å². The summed E-state index contributed by atoms with van der Waals surface area (Å²) < 4.78 is 30.7. The maximum absolute atomic E-state index is 13.2. The van der Waals surface area contributed by atoms with Crippen molar-refractivity contribution < 1.29 is 23.5 Å². The molecule has 0 aliphatic carbocycles. The predicted molar refractivity (Wildman–Crippen MR) is 49.9 cm³/mol. The van der Waals surface area contributed by atoms with Crippen LogP contribution in [0.1, 0.15) is 13.8 Å². The molecular weight excluding hydrogens is 224 g/mol. The molecule has 0 atom stereocenters. The molecule has 7 heteroatoms. The second-order valence-electron chi connectivity index (χ2n) is 3.52. The summed E-state index contributed by atoms with van der Waals surface area (Å²) in [5, 5.41) is 19.8. The van der Waals surface area contributed by atoms with Crippen LogP contribution in [-0.4, -0.2) is 15.8 Å². The number of benzene rings is 1. The Morgan fingerprint density at radius 2 is 2.00 bits per heavy atom. The monoisotopic (exact) mass is 233 g/mol. The third-order valence-corrected chi connectivity index (χ3v) is 1.58. The zero-order valence-electron chi connectivity index (χ0n) is 8.53. The van der Waals surface area contributed by atoms with Crippen molar-refractivity contribution in [3.63, 3.8) is 0 Å². The molecule has 1 aromatic carbocycles. The van der Waals surface area contributed by atoms with Crippen molar-refractivity contribution in [2.45, 2.75) is 19.6 Å². The number of hydrogen-bond acceptors (Lipinski definition) is 4. The lowest BCUT2D eigenvalue weighted by Crippen LogP contribution is -2.28. The van der Waals surface area contributed by atoms with E-state index in [9.17, 15) is 24.0 Å². The molecule has 0 aliphatic heterocycles. The van der Waals surface area contributed by atoms with E-state index < -0.39 is 33.8 Å². The minimum atomic E-state index is -1.85. The number of nitrogens with zero attached hydrogens (tertiary/aromatic N) is 1. The molecule has 1 aromatic rings. The summed E-state index contributed by atoms with van der Waals surface area (Å²) in [4.78, 5) is 9.60. The molecule has 1 N–H and O–H groups in total. The number of halogens is 2. The van der Waals surface area contributed by atoms with Gasteiger partial charge in [-0.15, -0.1) is 0 Å². The Morgan fingerprint density at radius 3 is 2.44 bits per heavy atom. The average molecular weight is 233 g/mol. The molecule has 0 saturated carbocycles. The Balaban J connectivity index is 3.32. The SMILES string of the molecule is CC(C)(O)Oc1c([N+](=O)[O-])ccc(F)c1F. The van der Waals surface area contributed by atoms with Gasteiger partial charge in [-0.05, 0) is 6.07 Å². The molecule has 0 aromatic heterocycles. The fourth-order valence-corrected chi connectivity index (χ4v) is 1.01. The van der Waals surface area contributed by atoms with Crippen molar-refractivity contribution in [1.29, 1.82) is 0 Å². The smallest absolute Gasteiger partial charge is 0.314 e. The van der Waals surface area contributed by atoms with Gasteiger partial charge in [0, 0.05) is 19.9 Å². The van der Waals surface area contributed by atoms with Crippen LogP contribution in [0.3, 0.4) is 0 Å². The summed E-state index contributed by atoms with van der Waals surface area (Å²) in [6.07, 6.45) is 0. The number of hydrogen-bond donors (Lipinski definition) is 1. The molecule has 0 aliphatic rings. The molecule has 0 saturated heterocycles. The highest BCUT2D eigenvalue weighted by molar-refractivity contribution is 5.47. The van der Waals surface area contributed by atoms with Crippen LogP contribution in [0, 0.1) is 21.7 Å². The van der Waals surface area contributed by atoms with Crippen molar-refractivity contribution in [2.24, 2.45) is 0 Å². The highest BCUT2D eigenvalue weighted by Crippen LogP contribution is 2.33. The van der Waals surface area contributed by atoms with Crippen molar-refractivity contribution in [3.8, 4) is 5.75 Å². The van der Waals surface area contributed by atoms with E-state index >= 15 is 0 Å². The first-order valence-corrected chi connectivity index (χ1v) is 4.26. The van der Waals surface area contributed by atoms with Crippen LogP contribution in [0.5, 0.6) is 5.75 Å². The van der Waals surface area contributed by atoms with E-state index in [-0.39, 0.29) is 0 Å². The Hall–Kier alpha value is -1.76. The number of nitro benzene ring substituents is 1. The normalized spacial score (nSPS) is 11.3. The maximum atomic E-state index is 13.2. The molecular formula is C9H9F2NO4. The summed E-state index contributed by atoms with van der Waals surface area (Å²) in [5.41, 5.74) is -0.749. The van der Waals surface area contributed by atoms with E-state index in [0.717, 1.165) is 19.9 Å². The van der Waals surface area contributed by atoms with E-state index in [0.29, 0.717) is 6.07 Å². The first kappa shape index (κ1) is 12.3. The topological polar surface area (TPSA) is 72.6 Å². The lowest BCUT2D eigenvalue weighted by molar-refractivity contribution is -0.387. The van der Waals surface area contributed by atoms with Gasteiger partial charge in [-0.25, -0.2) is 4.39 Å². The Labute approximate surface area is 89.4 Å². The van der Waals surface area contributed by atoms with Gasteiger partial charge < -0.3 is 9.84 Å². The van der Waals surface area contributed by atoms with Crippen LogP contribution in [0.2, 0.25) is 0 Å². The first-order chi connectivity index (χ1) is 7.22. The summed E-state index contributed by atoms with van der Waals surface area (Å²) in [6, 6.07) is 1.38. The van der Waals surface area contributed by atoms with Gasteiger partial charge in [-0.2, -0.15) is 4.39 Å². The second kappa shape index (κ2) is 4.01. The molecule has 88 valence electrons. The molecule has 1 rings (SSSR count). The quantitative estimate of drug-likeness (QED) is 0.492. The van der Waals surface area contributed by atoms with E-state index in [1.807, 2.05) is 0 Å². The van der Waals surface area contributed by atoms with Gasteiger partial charge in [0.25, 0.3) is 0 Å². The van der Waals surface area contributed by atoms with Gasteiger partial charge in [-0.3, -0.25) is 10.1 Å². The summed E-state index contributed by atoms with van der Waals surface area (Å²) >= 11 is 0. The van der Waals surface area contributed by atoms with E-state index in [4.69, 9.17) is 0 Å². The largest absolute Gasteiger partial charge is 0.453 e. The van der Waals surface area contributed by atoms with Gasteiger partial charge in [0.15, 0.2) is 5.82 Å². The van der Waals surface area contributed by atoms with Gasteiger partial charge >= 0.3 is 5.69 Å². The fourth-order valence-electron chi connectivity index (χ4n) is 1.01. The van der Waals surface area contributed by atoms with Gasteiger partial charge in [-0.1, -0.05) is 0 Å². The molecule has 5 nitrogen and oxygen atoms in total. The van der Waals surface area contributed by atoms with E-state index in [1.54, 1.807) is 0 Å². The number of aliphatic hydroxyl groups is 1. The lowest BCUT2D eigenvalue weighted by atomic mass is 10.2. The van der Waals surface area contributed by atoms with Crippen LogP contribution in [0.4, 0.5) is 14.5 Å². The Morgan fingerprint density at radius 1 is 1.44 bits per heavy atom. The zero-order chi connectivity index (χ0) is 12.5. The second-order valence-corrected chi connectivity index (χ2v) is 3.52. The number of rotatable bonds is 3. The fraction of sp³-hybridized carbons (Fsp3) is 0.333. The Kier molecular flexibility index (Phi) is 3.09. The maximum Gasteiger partial charge on any atom is 0.314 e. The van der Waals surface area contributed by atoms with Crippen LogP contribution in [0.25, 0.3) is 0 Å². The minimum absolute atomic E-state index is 0.616. The molecule has 0 heterocycles. The Bertz CT molecular complexity index is 428. The predicted octanol–water partition coefficient (Wildman–Crippen LogP) is 1.98.